The second-order valence-electron chi connectivity index (χ2n) is 4.92. The summed E-state index contributed by atoms with van der Waals surface area (Å²) in [5, 5.41) is 13.5. The minimum atomic E-state index is -0.394. The Morgan fingerprint density at radius 1 is 1.42 bits per heavy atom. The van der Waals surface area contributed by atoms with Crippen LogP contribution in [0.2, 0.25) is 5.02 Å². The highest BCUT2D eigenvalue weighted by atomic mass is 35.5. The molecule has 0 aliphatic carbocycles. The van der Waals surface area contributed by atoms with Crippen molar-refractivity contribution >= 4 is 11.6 Å². The van der Waals surface area contributed by atoms with Crippen LogP contribution in [0.4, 0.5) is 4.39 Å². The average molecular weight is 287 g/mol. The summed E-state index contributed by atoms with van der Waals surface area (Å²) in [6.07, 6.45) is 1.86. The molecule has 0 radical (unpaired) electrons. The topological polar surface area (TPSA) is 35.5 Å². The van der Waals surface area contributed by atoms with Crippen LogP contribution >= 0.6 is 11.6 Å². The number of hydrogen-bond donors (Lipinski definition) is 2. The number of halogens is 2. The van der Waals surface area contributed by atoms with Gasteiger partial charge in [0.1, 0.15) is 11.6 Å². The van der Waals surface area contributed by atoms with Crippen LogP contribution in [-0.4, -0.2) is 36.2 Å². The monoisotopic (exact) mass is 286 g/mol. The van der Waals surface area contributed by atoms with Crippen molar-refractivity contribution < 1.29 is 9.50 Å². The van der Waals surface area contributed by atoms with E-state index in [-0.39, 0.29) is 16.8 Å². The molecular weight excluding hydrogens is 267 g/mol. The Morgan fingerprint density at radius 3 is 2.74 bits per heavy atom. The first kappa shape index (κ1) is 14.6. The Labute approximate surface area is 118 Å². The lowest BCUT2D eigenvalue weighted by Crippen LogP contribution is -2.45. The number of nitrogens with zero attached hydrogens (tertiary/aromatic N) is 1. The lowest BCUT2D eigenvalue weighted by atomic mass is 9.98. The van der Waals surface area contributed by atoms with E-state index in [1.807, 2.05) is 0 Å². The van der Waals surface area contributed by atoms with E-state index in [9.17, 15) is 9.50 Å². The maximum atomic E-state index is 13.5. The van der Waals surface area contributed by atoms with Gasteiger partial charge >= 0.3 is 0 Å². The molecule has 0 amide bonds. The molecule has 3 nitrogen and oxygen atoms in total. The minimum absolute atomic E-state index is 0.0139. The molecule has 0 saturated carbocycles. The molecule has 1 heterocycles. The molecule has 5 heteroatoms. The molecule has 106 valence electrons. The quantitative estimate of drug-likeness (QED) is 0.893. The second kappa shape index (κ2) is 6.55. The van der Waals surface area contributed by atoms with Crippen LogP contribution in [-0.2, 0) is 0 Å². The number of rotatable bonds is 4. The van der Waals surface area contributed by atoms with Crippen LogP contribution in [0.5, 0.6) is 5.75 Å². The van der Waals surface area contributed by atoms with Gasteiger partial charge in [-0.05, 0) is 18.6 Å². The van der Waals surface area contributed by atoms with Crippen LogP contribution in [0.25, 0.3) is 0 Å². The molecule has 1 saturated heterocycles. The molecule has 0 unspecified atom stereocenters. The number of aromatic hydroxyl groups is 1. The van der Waals surface area contributed by atoms with Gasteiger partial charge in [-0.15, -0.1) is 0 Å². The Balaban J connectivity index is 2.32. The van der Waals surface area contributed by atoms with Crippen molar-refractivity contribution in [3.8, 4) is 5.75 Å². The van der Waals surface area contributed by atoms with Crippen molar-refractivity contribution in [2.45, 2.75) is 25.8 Å². The van der Waals surface area contributed by atoms with Gasteiger partial charge in [0, 0.05) is 37.8 Å². The molecule has 1 fully saturated rings. The predicted octanol–water partition coefficient (Wildman–Crippen LogP) is 2.93. The molecule has 1 atom stereocenters. The Hall–Kier alpha value is -0.840. The summed E-state index contributed by atoms with van der Waals surface area (Å²) in [4.78, 5) is 2.28. The Morgan fingerprint density at radius 2 is 2.11 bits per heavy atom. The normalized spacial score (nSPS) is 18.5. The molecule has 1 aliphatic rings. The number of phenols is 1. The van der Waals surface area contributed by atoms with Crippen molar-refractivity contribution in [1.29, 1.82) is 0 Å². The first-order valence-corrected chi connectivity index (χ1v) is 7.14. The van der Waals surface area contributed by atoms with E-state index in [1.165, 1.54) is 6.07 Å². The van der Waals surface area contributed by atoms with Crippen molar-refractivity contribution in [2.75, 3.05) is 26.2 Å². The summed E-state index contributed by atoms with van der Waals surface area (Å²) in [5.74, 6) is -0.380. The fraction of sp³-hybridized carbons (Fsp3) is 0.571. The highest BCUT2D eigenvalue weighted by Crippen LogP contribution is 2.37. The van der Waals surface area contributed by atoms with Crippen LogP contribution < -0.4 is 5.32 Å². The van der Waals surface area contributed by atoms with Crippen molar-refractivity contribution in [1.82, 2.24) is 10.2 Å². The number of piperazine rings is 1. The second-order valence-corrected chi connectivity index (χ2v) is 5.32. The first-order valence-electron chi connectivity index (χ1n) is 6.76. The third kappa shape index (κ3) is 3.38. The van der Waals surface area contributed by atoms with Gasteiger partial charge in [0.15, 0.2) is 0 Å². The Kier molecular flexibility index (Phi) is 5.02. The number of benzene rings is 1. The molecule has 1 aliphatic heterocycles. The van der Waals surface area contributed by atoms with Crippen LogP contribution in [0.3, 0.4) is 0 Å². The fourth-order valence-electron chi connectivity index (χ4n) is 2.64. The SMILES string of the molecule is CCC[C@@H](c1cc(F)cc(Cl)c1O)N1CCNCC1. The van der Waals surface area contributed by atoms with Gasteiger partial charge in [-0.3, -0.25) is 4.90 Å². The molecule has 2 N–H and O–H groups in total. The fourth-order valence-corrected chi connectivity index (χ4v) is 2.86. The molecule has 1 aromatic carbocycles. The highest BCUT2D eigenvalue weighted by molar-refractivity contribution is 6.32. The van der Waals surface area contributed by atoms with E-state index in [4.69, 9.17) is 11.6 Å². The van der Waals surface area contributed by atoms with E-state index >= 15 is 0 Å². The summed E-state index contributed by atoms with van der Waals surface area (Å²) < 4.78 is 13.5. The van der Waals surface area contributed by atoms with Gasteiger partial charge in [-0.25, -0.2) is 4.39 Å². The molecule has 0 spiro atoms. The van der Waals surface area contributed by atoms with Gasteiger partial charge in [-0.2, -0.15) is 0 Å². The zero-order valence-electron chi connectivity index (χ0n) is 11.1. The third-order valence-corrected chi connectivity index (χ3v) is 3.86. The molecule has 19 heavy (non-hydrogen) atoms. The lowest BCUT2D eigenvalue weighted by Gasteiger charge is -2.35. The molecule has 0 bridgehead atoms. The standard InChI is InChI=1S/C14H20ClFN2O/c1-2-3-13(18-6-4-17-5-7-18)11-8-10(16)9-12(15)14(11)19/h8-9,13,17,19H,2-7H2,1H3/t13-/m0/s1. The predicted molar refractivity (Wildman–Crippen MR) is 75.2 cm³/mol. The summed E-state index contributed by atoms with van der Waals surface area (Å²) in [6, 6.07) is 2.59. The highest BCUT2D eigenvalue weighted by Gasteiger charge is 2.25. The van der Waals surface area contributed by atoms with E-state index in [0.29, 0.717) is 5.56 Å². The van der Waals surface area contributed by atoms with E-state index in [0.717, 1.165) is 45.1 Å². The van der Waals surface area contributed by atoms with Gasteiger partial charge < -0.3 is 10.4 Å². The van der Waals surface area contributed by atoms with Crippen molar-refractivity contribution in [3.05, 3.63) is 28.5 Å². The van der Waals surface area contributed by atoms with Crippen LogP contribution in [0, 0.1) is 5.82 Å². The van der Waals surface area contributed by atoms with Crippen molar-refractivity contribution in [2.24, 2.45) is 0 Å². The van der Waals surface area contributed by atoms with Crippen LogP contribution in [0.1, 0.15) is 31.4 Å². The average Bonchev–Trinajstić information content (AvgIpc) is 2.41. The molecule has 1 aromatic rings. The van der Waals surface area contributed by atoms with Gasteiger partial charge in [0.25, 0.3) is 0 Å². The Bertz CT molecular complexity index is 436. The minimum Gasteiger partial charge on any atom is -0.506 e. The summed E-state index contributed by atoms with van der Waals surface area (Å²) in [5.41, 5.74) is 0.605. The van der Waals surface area contributed by atoms with E-state index in [2.05, 4.69) is 17.1 Å². The zero-order chi connectivity index (χ0) is 13.8. The first-order chi connectivity index (χ1) is 9.13. The smallest absolute Gasteiger partial charge is 0.139 e. The molecule has 0 aromatic heterocycles. The molecular formula is C14H20ClFN2O. The van der Waals surface area contributed by atoms with Gasteiger partial charge in [0.2, 0.25) is 0 Å². The number of hydrogen-bond acceptors (Lipinski definition) is 3. The largest absolute Gasteiger partial charge is 0.506 e. The summed E-state index contributed by atoms with van der Waals surface area (Å²) in [6.45, 7) is 5.73. The lowest BCUT2D eigenvalue weighted by molar-refractivity contribution is 0.162. The maximum absolute atomic E-state index is 13.5. The summed E-state index contributed by atoms with van der Waals surface area (Å²) >= 11 is 5.88. The third-order valence-electron chi connectivity index (χ3n) is 3.57. The van der Waals surface area contributed by atoms with Crippen LogP contribution in [0.15, 0.2) is 12.1 Å². The molecule has 2 rings (SSSR count). The number of nitrogens with one attached hydrogen (secondary N) is 1. The zero-order valence-corrected chi connectivity index (χ0v) is 11.9. The van der Waals surface area contributed by atoms with E-state index < -0.39 is 5.82 Å². The number of phenolic OH excluding ortho intramolecular Hbond substituents is 1. The maximum Gasteiger partial charge on any atom is 0.139 e. The van der Waals surface area contributed by atoms with Gasteiger partial charge in [0.05, 0.1) is 5.02 Å². The van der Waals surface area contributed by atoms with Crippen molar-refractivity contribution in [3.63, 3.8) is 0 Å². The van der Waals surface area contributed by atoms with Gasteiger partial charge in [-0.1, -0.05) is 24.9 Å². The van der Waals surface area contributed by atoms with E-state index in [1.54, 1.807) is 0 Å². The summed E-state index contributed by atoms with van der Waals surface area (Å²) in [7, 11) is 0.